The summed E-state index contributed by atoms with van der Waals surface area (Å²) in [6.45, 7) is 1.21. The third-order valence-electron chi connectivity index (χ3n) is 9.24. The Labute approximate surface area is 271 Å². The lowest BCUT2D eigenvalue weighted by molar-refractivity contribution is -0.141. The van der Waals surface area contributed by atoms with Crippen molar-refractivity contribution in [2.45, 2.75) is 69.0 Å². The first-order chi connectivity index (χ1) is 21.6. The minimum absolute atomic E-state index is 0.0180. The molecule has 0 unspecified atom stereocenters. The number of anilines is 1. The topological polar surface area (TPSA) is 105 Å². The fourth-order valence-electron chi connectivity index (χ4n) is 6.92. The molecule has 0 bridgehead atoms. The van der Waals surface area contributed by atoms with Crippen LogP contribution in [0.2, 0.25) is 5.02 Å². The van der Waals surface area contributed by atoms with Crippen molar-refractivity contribution in [3.05, 3.63) is 65.2 Å². The molecule has 45 heavy (non-hydrogen) atoms. The first-order valence-electron chi connectivity index (χ1n) is 16.0. The Bertz CT molecular complexity index is 1340. The van der Waals surface area contributed by atoms with E-state index in [1.165, 1.54) is 6.42 Å². The van der Waals surface area contributed by atoms with E-state index >= 15 is 0 Å². The molecule has 1 aliphatic carbocycles. The van der Waals surface area contributed by atoms with Crippen LogP contribution in [0.4, 0.5) is 5.69 Å². The monoisotopic (exact) mass is 636 g/mol. The fraction of sp³-hybridized carbons (Fsp3) is 0.529. The molecular formula is C34H45ClN6O4. The van der Waals surface area contributed by atoms with Gasteiger partial charge in [0.1, 0.15) is 18.1 Å². The molecule has 2 N–H and O–H groups in total. The van der Waals surface area contributed by atoms with E-state index in [0.29, 0.717) is 44.0 Å². The number of rotatable bonds is 10. The summed E-state index contributed by atoms with van der Waals surface area (Å²) in [5, 5.41) is 6.69. The van der Waals surface area contributed by atoms with Gasteiger partial charge in [-0.15, -0.1) is 0 Å². The molecule has 3 aliphatic rings. The Morgan fingerprint density at radius 1 is 0.956 bits per heavy atom. The van der Waals surface area contributed by atoms with Crippen LogP contribution in [0.3, 0.4) is 0 Å². The summed E-state index contributed by atoms with van der Waals surface area (Å²) in [5.41, 5.74) is 0.945. The Balaban J connectivity index is 1.30. The van der Waals surface area contributed by atoms with E-state index < -0.39 is 11.6 Å². The average molecular weight is 637 g/mol. The molecule has 11 heteroatoms. The molecule has 4 amide bonds. The van der Waals surface area contributed by atoms with Gasteiger partial charge in [-0.1, -0.05) is 61.2 Å². The number of nitrogens with zero attached hydrogens (tertiary/aromatic N) is 4. The molecule has 1 spiro atoms. The van der Waals surface area contributed by atoms with Crippen molar-refractivity contribution in [3.63, 3.8) is 0 Å². The number of benzene rings is 2. The third-order valence-corrected chi connectivity index (χ3v) is 9.49. The van der Waals surface area contributed by atoms with Crippen molar-refractivity contribution in [3.8, 4) is 0 Å². The van der Waals surface area contributed by atoms with Crippen LogP contribution in [-0.4, -0.2) is 103 Å². The van der Waals surface area contributed by atoms with Gasteiger partial charge in [0.15, 0.2) is 0 Å². The van der Waals surface area contributed by atoms with Gasteiger partial charge in [-0.3, -0.25) is 19.2 Å². The van der Waals surface area contributed by atoms with Gasteiger partial charge < -0.3 is 30.2 Å². The van der Waals surface area contributed by atoms with E-state index in [1.807, 2.05) is 42.5 Å². The van der Waals surface area contributed by atoms with Crippen LogP contribution in [-0.2, 0) is 25.6 Å². The zero-order valence-electron chi connectivity index (χ0n) is 26.3. The molecule has 5 rings (SSSR count). The molecule has 242 valence electrons. The Morgan fingerprint density at radius 3 is 2.27 bits per heavy atom. The molecule has 2 saturated heterocycles. The van der Waals surface area contributed by atoms with Crippen molar-refractivity contribution in [1.29, 1.82) is 0 Å². The quantitative estimate of drug-likeness (QED) is 0.416. The molecule has 2 aromatic carbocycles. The smallest absolute Gasteiger partial charge is 0.250 e. The average Bonchev–Trinajstić information content (AvgIpc) is 3.28. The second kappa shape index (κ2) is 14.6. The van der Waals surface area contributed by atoms with Crippen LogP contribution < -0.4 is 15.5 Å². The maximum Gasteiger partial charge on any atom is 0.250 e. The molecule has 1 saturated carbocycles. The van der Waals surface area contributed by atoms with Crippen LogP contribution in [0.5, 0.6) is 0 Å². The molecule has 1 atom stereocenters. The zero-order chi connectivity index (χ0) is 32.0. The van der Waals surface area contributed by atoms with Crippen LogP contribution in [0.15, 0.2) is 54.6 Å². The van der Waals surface area contributed by atoms with Crippen LogP contribution in [0.25, 0.3) is 0 Å². The van der Waals surface area contributed by atoms with Crippen LogP contribution in [0.1, 0.15) is 50.5 Å². The zero-order valence-corrected chi connectivity index (χ0v) is 27.1. The number of hydrogen-bond acceptors (Lipinski definition) is 6. The lowest BCUT2D eigenvalue weighted by atomic mass is 9.85. The molecule has 0 aromatic heterocycles. The standard InChI is InChI=1S/C34H45ClN6O4/c1-38(2)22-30(42)37-29(21-25-13-15-26(35)16-14-25)32(44)39-19-17-34(18-20-39)33(45)40(24-41(34)28-11-7-4-8-12-28)23-31(43)36-27-9-5-3-6-10-27/h4,7-8,11-16,27,29H,3,5-6,9-10,17-24H2,1-2H3,(H,36,43)(H,37,42)/t29-/m1/s1. The fourth-order valence-corrected chi connectivity index (χ4v) is 7.04. The highest BCUT2D eigenvalue weighted by Gasteiger charge is 2.54. The number of likely N-dealkylation sites (N-methyl/N-ethyl adjacent to an activating group) is 1. The summed E-state index contributed by atoms with van der Waals surface area (Å²) in [7, 11) is 3.61. The normalized spacial score (nSPS) is 19.2. The van der Waals surface area contributed by atoms with E-state index in [-0.39, 0.29) is 42.8 Å². The number of likely N-dealkylation sites (tertiary alicyclic amines) is 1. The molecule has 3 fully saturated rings. The van der Waals surface area contributed by atoms with Gasteiger partial charge in [0.25, 0.3) is 5.91 Å². The van der Waals surface area contributed by atoms with Gasteiger partial charge in [0, 0.05) is 36.3 Å². The summed E-state index contributed by atoms with van der Waals surface area (Å²) < 4.78 is 0. The van der Waals surface area contributed by atoms with Crippen molar-refractivity contribution in [2.75, 3.05) is 51.8 Å². The number of carbonyl (C=O) groups excluding carboxylic acids is 4. The van der Waals surface area contributed by atoms with Gasteiger partial charge in [-0.05, 0) is 69.6 Å². The van der Waals surface area contributed by atoms with Gasteiger partial charge in [0.05, 0.1) is 13.2 Å². The highest BCUT2D eigenvalue weighted by atomic mass is 35.5. The summed E-state index contributed by atoms with van der Waals surface area (Å²) in [6, 6.07) is 16.5. The Morgan fingerprint density at radius 2 is 1.62 bits per heavy atom. The summed E-state index contributed by atoms with van der Waals surface area (Å²) >= 11 is 6.08. The summed E-state index contributed by atoms with van der Waals surface area (Å²) in [5.74, 6) is -0.600. The second-order valence-corrected chi connectivity index (χ2v) is 13.3. The minimum Gasteiger partial charge on any atom is -0.352 e. The van der Waals surface area contributed by atoms with Crippen molar-refractivity contribution < 1.29 is 19.2 Å². The first kappa shape index (κ1) is 32.8. The number of nitrogens with one attached hydrogen (secondary N) is 2. The summed E-state index contributed by atoms with van der Waals surface area (Å²) in [4.78, 5) is 61.2. The van der Waals surface area contributed by atoms with E-state index in [4.69, 9.17) is 11.6 Å². The van der Waals surface area contributed by atoms with Gasteiger partial charge in [-0.25, -0.2) is 0 Å². The Kier molecular flexibility index (Phi) is 10.7. The maximum atomic E-state index is 14.1. The number of halogens is 1. The molecular weight excluding hydrogens is 592 g/mol. The number of piperidine rings is 1. The molecule has 0 radical (unpaired) electrons. The van der Waals surface area contributed by atoms with Crippen molar-refractivity contribution >= 4 is 40.9 Å². The maximum absolute atomic E-state index is 14.1. The first-order valence-corrected chi connectivity index (χ1v) is 16.4. The predicted octanol–water partition coefficient (Wildman–Crippen LogP) is 3.05. The van der Waals surface area contributed by atoms with Gasteiger partial charge >= 0.3 is 0 Å². The lowest BCUT2D eigenvalue weighted by Gasteiger charge is -2.44. The number of para-hydroxylation sites is 1. The number of hydrogen-bond donors (Lipinski definition) is 2. The minimum atomic E-state index is -0.858. The van der Waals surface area contributed by atoms with Crippen molar-refractivity contribution in [2.24, 2.45) is 0 Å². The van der Waals surface area contributed by atoms with E-state index in [9.17, 15) is 19.2 Å². The number of carbonyl (C=O) groups is 4. The van der Waals surface area contributed by atoms with Crippen molar-refractivity contribution in [1.82, 2.24) is 25.3 Å². The van der Waals surface area contributed by atoms with Gasteiger partial charge in [-0.2, -0.15) is 0 Å². The highest BCUT2D eigenvalue weighted by molar-refractivity contribution is 6.30. The second-order valence-electron chi connectivity index (χ2n) is 12.9. The molecule has 2 aromatic rings. The third kappa shape index (κ3) is 7.97. The molecule has 10 nitrogen and oxygen atoms in total. The van der Waals surface area contributed by atoms with Gasteiger partial charge in [0.2, 0.25) is 17.7 Å². The summed E-state index contributed by atoms with van der Waals surface area (Å²) in [6.07, 6.45) is 6.59. The largest absolute Gasteiger partial charge is 0.352 e. The predicted molar refractivity (Wildman–Crippen MR) is 175 cm³/mol. The van der Waals surface area contributed by atoms with Crippen LogP contribution >= 0.6 is 11.6 Å². The molecule has 2 aliphatic heterocycles. The SMILES string of the molecule is CN(C)CC(=O)N[C@H](Cc1ccc(Cl)cc1)C(=O)N1CCC2(CC1)C(=O)N(CC(=O)NC1CCCCC1)CN2c1ccccc1. The highest BCUT2D eigenvalue weighted by Crippen LogP contribution is 2.39. The lowest BCUT2D eigenvalue weighted by Crippen LogP contribution is -2.60. The van der Waals surface area contributed by atoms with E-state index in [2.05, 4.69) is 15.5 Å². The molecule has 2 heterocycles. The van der Waals surface area contributed by atoms with E-state index in [0.717, 1.165) is 36.9 Å². The van der Waals surface area contributed by atoms with Crippen LogP contribution in [0, 0.1) is 0 Å². The number of amides is 4. The van der Waals surface area contributed by atoms with E-state index in [1.54, 1.807) is 40.9 Å². The Hall–Kier alpha value is -3.63.